The number of nitrogens with zero attached hydrogens (tertiary/aromatic N) is 2. The second-order valence-electron chi connectivity index (χ2n) is 4.55. The number of rotatable bonds is 3. The van der Waals surface area contributed by atoms with Crippen LogP contribution in [0, 0.1) is 6.92 Å². The van der Waals surface area contributed by atoms with Crippen LogP contribution in [0.25, 0.3) is 0 Å². The Morgan fingerprint density at radius 2 is 1.85 bits per heavy atom. The summed E-state index contributed by atoms with van der Waals surface area (Å²) in [4.78, 5) is 0. The van der Waals surface area contributed by atoms with E-state index in [1.54, 1.807) is 11.7 Å². The molecule has 3 N–H and O–H groups in total. The first-order valence-electron chi connectivity index (χ1n) is 5.96. The third-order valence-corrected chi connectivity index (χ3v) is 3.07. The molecule has 1 aromatic carbocycles. The van der Waals surface area contributed by atoms with Gasteiger partial charge >= 0.3 is 6.18 Å². The zero-order valence-electron chi connectivity index (χ0n) is 11.1. The number of halogens is 3. The van der Waals surface area contributed by atoms with Gasteiger partial charge < -0.3 is 0 Å². The number of hydrogen-bond acceptors (Lipinski definition) is 3. The first-order valence-corrected chi connectivity index (χ1v) is 5.96. The zero-order chi connectivity index (χ0) is 14.9. The van der Waals surface area contributed by atoms with Crippen molar-refractivity contribution in [3.8, 4) is 0 Å². The van der Waals surface area contributed by atoms with Crippen LogP contribution >= 0.6 is 0 Å². The van der Waals surface area contributed by atoms with Crippen molar-refractivity contribution in [2.45, 2.75) is 19.1 Å². The van der Waals surface area contributed by atoms with E-state index in [0.717, 1.165) is 23.5 Å². The van der Waals surface area contributed by atoms with Gasteiger partial charge in [-0.3, -0.25) is 10.5 Å². The van der Waals surface area contributed by atoms with Crippen molar-refractivity contribution in [1.82, 2.24) is 15.2 Å². The normalized spacial score (nSPS) is 13.5. The summed E-state index contributed by atoms with van der Waals surface area (Å²) in [5.41, 5.74) is 4.16. The highest BCUT2D eigenvalue weighted by Gasteiger charge is 2.30. The fourth-order valence-corrected chi connectivity index (χ4v) is 2.12. The van der Waals surface area contributed by atoms with E-state index in [0.29, 0.717) is 5.56 Å². The van der Waals surface area contributed by atoms with E-state index in [9.17, 15) is 13.2 Å². The highest BCUT2D eigenvalue weighted by Crippen LogP contribution is 2.30. The summed E-state index contributed by atoms with van der Waals surface area (Å²) in [5.74, 6) is 5.53. The molecule has 0 bridgehead atoms. The summed E-state index contributed by atoms with van der Waals surface area (Å²) in [6.07, 6.45) is -4.34. The monoisotopic (exact) mass is 284 g/mol. The van der Waals surface area contributed by atoms with Crippen molar-refractivity contribution in [3.63, 3.8) is 0 Å². The quantitative estimate of drug-likeness (QED) is 0.671. The minimum absolute atomic E-state index is 0.413. The van der Waals surface area contributed by atoms with Crippen LogP contribution in [0.1, 0.15) is 28.6 Å². The van der Waals surface area contributed by atoms with Crippen molar-refractivity contribution >= 4 is 0 Å². The van der Waals surface area contributed by atoms with Gasteiger partial charge in [0.05, 0.1) is 23.0 Å². The first kappa shape index (κ1) is 14.5. The fraction of sp³-hybridized carbons (Fsp3) is 0.308. The molecule has 0 fully saturated rings. The molecule has 0 radical (unpaired) electrons. The summed E-state index contributed by atoms with van der Waals surface area (Å²) in [5, 5.41) is 4.20. The highest BCUT2D eigenvalue weighted by molar-refractivity contribution is 5.32. The van der Waals surface area contributed by atoms with Gasteiger partial charge in [0.25, 0.3) is 0 Å². The molecule has 7 heteroatoms. The summed E-state index contributed by atoms with van der Waals surface area (Å²) in [6, 6.07) is 6.34. The molecule has 1 heterocycles. The van der Waals surface area contributed by atoms with Crippen LogP contribution < -0.4 is 11.3 Å². The van der Waals surface area contributed by atoms with Crippen LogP contribution in [0.2, 0.25) is 0 Å². The molecule has 2 aromatic rings. The van der Waals surface area contributed by atoms with Gasteiger partial charge in [0.15, 0.2) is 0 Å². The molecular weight excluding hydrogens is 269 g/mol. The predicted octanol–water partition coefficient (Wildman–Crippen LogP) is 2.30. The summed E-state index contributed by atoms with van der Waals surface area (Å²) >= 11 is 0. The van der Waals surface area contributed by atoms with Crippen molar-refractivity contribution in [1.29, 1.82) is 0 Å². The largest absolute Gasteiger partial charge is 0.416 e. The third-order valence-electron chi connectivity index (χ3n) is 3.07. The zero-order valence-corrected chi connectivity index (χ0v) is 11.1. The molecule has 20 heavy (non-hydrogen) atoms. The second-order valence-corrected chi connectivity index (χ2v) is 4.55. The number of hydrogen-bond donors (Lipinski definition) is 2. The maximum absolute atomic E-state index is 12.5. The van der Waals surface area contributed by atoms with Crippen LogP contribution in [-0.4, -0.2) is 9.78 Å². The van der Waals surface area contributed by atoms with E-state index in [2.05, 4.69) is 10.5 Å². The van der Waals surface area contributed by atoms with Crippen molar-refractivity contribution in [3.05, 3.63) is 52.8 Å². The number of benzene rings is 1. The number of nitrogens with one attached hydrogen (secondary N) is 1. The Kier molecular flexibility index (Phi) is 3.82. The van der Waals surface area contributed by atoms with Crippen LogP contribution in [0.4, 0.5) is 13.2 Å². The molecule has 0 aliphatic carbocycles. The smallest absolute Gasteiger partial charge is 0.271 e. The van der Waals surface area contributed by atoms with Crippen LogP contribution in [0.15, 0.2) is 30.3 Å². The lowest BCUT2D eigenvalue weighted by Gasteiger charge is -2.17. The molecule has 0 aliphatic heterocycles. The standard InChI is InChI=1S/C13H15F3N4/c1-8-7-11(20(2)19-8)12(18-17)9-3-5-10(6-4-9)13(14,15)16/h3-7,12,18H,17H2,1-2H3. The lowest BCUT2D eigenvalue weighted by molar-refractivity contribution is -0.137. The van der Waals surface area contributed by atoms with Crippen molar-refractivity contribution in [2.24, 2.45) is 12.9 Å². The lowest BCUT2D eigenvalue weighted by Crippen LogP contribution is -2.30. The van der Waals surface area contributed by atoms with Gasteiger partial charge in [-0.25, -0.2) is 5.43 Å². The summed E-state index contributed by atoms with van der Waals surface area (Å²) < 4.78 is 39.3. The van der Waals surface area contributed by atoms with E-state index < -0.39 is 17.8 Å². The Balaban J connectivity index is 2.35. The van der Waals surface area contributed by atoms with E-state index in [-0.39, 0.29) is 0 Å². The van der Waals surface area contributed by atoms with Gasteiger partial charge in [0, 0.05) is 7.05 Å². The van der Waals surface area contributed by atoms with Crippen molar-refractivity contribution in [2.75, 3.05) is 0 Å². The SMILES string of the molecule is Cc1cc(C(NN)c2ccc(C(F)(F)F)cc2)n(C)n1. The number of hydrazine groups is 1. The van der Waals surface area contributed by atoms with Crippen LogP contribution in [0.3, 0.4) is 0 Å². The molecule has 0 saturated carbocycles. The average molecular weight is 284 g/mol. The van der Waals surface area contributed by atoms with Crippen LogP contribution in [0.5, 0.6) is 0 Å². The molecule has 0 aliphatic rings. The average Bonchev–Trinajstić information content (AvgIpc) is 2.69. The molecule has 1 unspecified atom stereocenters. The second kappa shape index (κ2) is 5.26. The molecule has 0 saturated heterocycles. The number of aryl methyl sites for hydroxylation is 2. The Bertz CT molecular complexity index is 587. The predicted molar refractivity (Wildman–Crippen MR) is 68.6 cm³/mol. The summed E-state index contributed by atoms with van der Waals surface area (Å²) in [7, 11) is 1.76. The maximum Gasteiger partial charge on any atom is 0.416 e. The molecule has 1 aromatic heterocycles. The molecule has 2 rings (SSSR count). The molecular formula is C13H15F3N4. The number of nitrogens with two attached hydrogens (primary N) is 1. The highest BCUT2D eigenvalue weighted by atomic mass is 19.4. The fourth-order valence-electron chi connectivity index (χ4n) is 2.12. The van der Waals surface area contributed by atoms with E-state index in [1.165, 1.54) is 12.1 Å². The van der Waals surface area contributed by atoms with Crippen molar-refractivity contribution < 1.29 is 13.2 Å². The first-order chi connectivity index (χ1) is 9.32. The molecule has 108 valence electrons. The lowest BCUT2D eigenvalue weighted by atomic mass is 10.0. The molecule has 0 spiro atoms. The number of alkyl halides is 3. The van der Waals surface area contributed by atoms with Gasteiger partial charge in [-0.1, -0.05) is 12.1 Å². The minimum atomic E-state index is -4.34. The molecule has 4 nitrogen and oxygen atoms in total. The van der Waals surface area contributed by atoms with Gasteiger partial charge in [-0.2, -0.15) is 18.3 Å². The Morgan fingerprint density at radius 3 is 2.25 bits per heavy atom. The van der Waals surface area contributed by atoms with E-state index in [4.69, 9.17) is 5.84 Å². The maximum atomic E-state index is 12.5. The van der Waals surface area contributed by atoms with E-state index in [1.807, 2.05) is 13.0 Å². The molecule has 1 atom stereocenters. The van der Waals surface area contributed by atoms with Gasteiger partial charge in [0.1, 0.15) is 0 Å². The Labute approximate surface area is 114 Å². The molecule has 0 amide bonds. The Hall–Kier alpha value is -1.86. The van der Waals surface area contributed by atoms with Crippen LogP contribution in [-0.2, 0) is 13.2 Å². The van der Waals surface area contributed by atoms with Gasteiger partial charge in [0.2, 0.25) is 0 Å². The topological polar surface area (TPSA) is 55.9 Å². The van der Waals surface area contributed by atoms with Gasteiger partial charge in [-0.15, -0.1) is 0 Å². The number of aromatic nitrogens is 2. The van der Waals surface area contributed by atoms with Gasteiger partial charge in [-0.05, 0) is 30.7 Å². The Morgan fingerprint density at radius 1 is 1.25 bits per heavy atom. The summed E-state index contributed by atoms with van der Waals surface area (Å²) in [6.45, 7) is 1.84. The third kappa shape index (κ3) is 2.83. The van der Waals surface area contributed by atoms with E-state index >= 15 is 0 Å². The minimum Gasteiger partial charge on any atom is -0.271 e.